The van der Waals surface area contributed by atoms with Crippen LogP contribution < -0.4 is 11.3 Å². The van der Waals surface area contributed by atoms with Gasteiger partial charge >= 0.3 is 12.1 Å². The number of nitrogens with zero attached hydrogens (tertiary/aromatic N) is 2. The highest BCUT2D eigenvalue weighted by molar-refractivity contribution is 5.80. The fourth-order valence-corrected chi connectivity index (χ4v) is 0.335. The summed E-state index contributed by atoms with van der Waals surface area (Å²) in [7, 11) is 0. The summed E-state index contributed by atoms with van der Waals surface area (Å²) < 4.78 is 32.9. The summed E-state index contributed by atoms with van der Waals surface area (Å²) in [5.41, 5.74) is 0.941. The number of rotatable bonds is 0. The molecule has 0 bridgehead atoms. The van der Waals surface area contributed by atoms with E-state index >= 15 is 0 Å². The number of hydrazine groups is 1. The molecule has 0 unspecified atom stereocenters. The maximum atomic E-state index is 11.0. The molecule has 0 spiro atoms. The first-order valence-corrected chi connectivity index (χ1v) is 3.26. The molecule has 0 saturated heterocycles. The van der Waals surface area contributed by atoms with Gasteiger partial charge in [0.1, 0.15) is 0 Å². The zero-order valence-electron chi connectivity index (χ0n) is 6.82. The third kappa shape index (κ3) is 5.89. The van der Waals surface area contributed by atoms with Crippen LogP contribution in [0.4, 0.5) is 13.2 Å². The fourth-order valence-electron chi connectivity index (χ4n) is 0.335. The Kier molecular flexibility index (Phi) is 5.15. The Labute approximate surface area is 77.1 Å². The van der Waals surface area contributed by atoms with Crippen molar-refractivity contribution in [2.75, 3.05) is 0 Å². The van der Waals surface area contributed by atoms with Crippen LogP contribution in [0.5, 0.6) is 0 Å². The molecule has 1 rings (SSSR count). The molecule has 8 heteroatoms. The van der Waals surface area contributed by atoms with Crippen LogP contribution in [0.3, 0.4) is 0 Å². The van der Waals surface area contributed by atoms with E-state index in [0.717, 1.165) is 5.43 Å². The molecule has 0 aliphatic carbocycles. The summed E-state index contributed by atoms with van der Waals surface area (Å²) in [5.74, 6) is 2.00. The Morgan fingerprint density at radius 3 is 1.57 bits per heavy atom. The standard InChI is InChI=1S/C4H4N2.C2H3F3N2O/c1-2-6-4-3-5-1;3-2(4,5)1(8)7-6/h1-4H;6H2,(H,7,8). The largest absolute Gasteiger partial charge is 0.472 e. The molecule has 0 atom stereocenters. The number of alkyl halides is 3. The van der Waals surface area contributed by atoms with Crippen LogP contribution in [0.2, 0.25) is 0 Å². The number of hydrogen-bond acceptors (Lipinski definition) is 4. The lowest BCUT2D eigenvalue weighted by Gasteiger charge is -2.00. The molecule has 1 amide bonds. The van der Waals surface area contributed by atoms with Crippen LogP contribution in [0.25, 0.3) is 0 Å². The van der Waals surface area contributed by atoms with Gasteiger partial charge < -0.3 is 0 Å². The van der Waals surface area contributed by atoms with Crippen molar-refractivity contribution in [1.29, 1.82) is 0 Å². The predicted molar refractivity (Wildman–Crippen MR) is 40.4 cm³/mol. The Morgan fingerprint density at radius 2 is 1.50 bits per heavy atom. The van der Waals surface area contributed by atoms with E-state index in [1.54, 1.807) is 24.8 Å². The summed E-state index contributed by atoms with van der Waals surface area (Å²) in [6, 6.07) is 0. The first-order valence-electron chi connectivity index (χ1n) is 3.26. The average molecular weight is 208 g/mol. The Morgan fingerprint density at radius 1 is 1.14 bits per heavy atom. The van der Waals surface area contributed by atoms with Crippen LogP contribution in [-0.2, 0) is 4.79 Å². The number of nitrogens with one attached hydrogen (secondary N) is 1. The molecule has 0 fully saturated rings. The minimum absolute atomic E-state index is 0.941. The van der Waals surface area contributed by atoms with Gasteiger partial charge in [0.2, 0.25) is 0 Å². The Bertz CT molecular complexity index is 237. The van der Waals surface area contributed by atoms with Crippen molar-refractivity contribution < 1.29 is 18.0 Å². The van der Waals surface area contributed by atoms with Gasteiger partial charge in [0.05, 0.1) is 0 Å². The molecule has 78 valence electrons. The topological polar surface area (TPSA) is 80.9 Å². The summed E-state index contributed by atoms with van der Waals surface area (Å²) >= 11 is 0. The summed E-state index contributed by atoms with van der Waals surface area (Å²) in [6.45, 7) is 0. The van der Waals surface area contributed by atoms with E-state index in [9.17, 15) is 18.0 Å². The summed E-state index contributed by atoms with van der Waals surface area (Å²) in [4.78, 5) is 16.9. The van der Waals surface area contributed by atoms with E-state index in [1.807, 2.05) is 0 Å². The second-order valence-corrected chi connectivity index (χ2v) is 1.87. The predicted octanol–water partition coefficient (Wildman–Crippen LogP) is 0.0152. The zero-order chi connectivity index (χ0) is 11.0. The van der Waals surface area contributed by atoms with Gasteiger partial charge in [-0.15, -0.1) is 0 Å². The number of halogens is 3. The molecule has 0 aliphatic heterocycles. The van der Waals surface area contributed by atoms with Crippen molar-refractivity contribution in [2.24, 2.45) is 5.84 Å². The second kappa shape index (κ2) is 5.86. The van der Waals surface area contributed by atoms with Gasteiger partial charge in [-0.3, -0.25) is 20.2 Å². The van der Waals surface area contributed by atoms with Crippen molar-refractivity contribution in [3.63, 3.8) is 0 Å². The fraction of sp³-hybridized carbons (Fsp3) is 0.167. The molecule has 1 aromatic rings. The van der Waals surface area contributed by atoms with Crippen molar-refractivity contribution in [2.45, 2.75) is 6.18 Å². The van der Waals surface area contributed by atoms with E-state index in [0.29, 0.717) is 0 Å². The van der Waals surface area contributed by atoms with E-state index in [2.05, 4.69) is 15.8 Å². The molecule has 0 aliphatic rings. The molecule has 5 nitrogen and oxygen atoms in total. The monoisotopic (exact) mass is 208 g/mol. The van der Waals surface area contributed by atoms with Gasteiger partial charge in [0.25, 0.3) is 0 Å². The SMILES string of the molecule is NNC(=O)C(F)(F)F.c1cnccn1. The van der Waals surface area contributed by atoms with Crippen LogP contribution in [0.15, 0.2) is 24.8 Å². The zero-order valence-corrected chi connectivity index (χ0v) is 6.82. The van der Waals surface area contributed by atoms with Gasteiger partial charge in [0.15, 0.2) is 0 Å². The first-order chi connectivity index (χ1) is 6.48. The Hall–Kier alpha value is -1.70. The molecular weight excluding hydrogens is 201 g/mol. The number of aromatic nitrogens is 2. The van der Waals surface area contributed by atoms with Gasteiger partial charge in [-0.05, 0) is 0 Å². The molecule has 1 aromatic heterocycles. The highest BCUT2D eigenvalue weighted by atomic mass is 19.4. The molecule has 3 N–H and O–H groups in total. The molecule has 0 saturated carbocycles. The van der Waals surface area contributed by atoms with Crippen molar-refractivity contribution in [1.82, 2.24) is 15.4 Å². The highest BCUT2D eigenvalue weighted by Crippen LogP contribution is 2.12. The van der Waals surface area contributed by atoms with Crippen LogP contribution in [0, 0.1) is 0 Å². The van der Waals surface area contributed by atoms with E-state index < -0.39 is 12.1 Å². The minimum Gasteiger partial charge on any atom is -0.286 e. The lowest BCUT2D eigenvalue weighted by Crippen LogP contribution is -2.40. The lowest BCUT2D eigenvalue weighted by atomic mass is 10.6. The molecular formula is C6H7F3N4O. The Balaban J connectivity index is 0.000000249. The highest BCUT2D eigenvalue weighted by Gasteiger charge is 2.37. The van der Waals surface area contributed by atoms with Crippen LogP contribution in [-0.4, -0.2) is 22.1 Å². The molecule has 1 heterocycles. The van der Waals surface area contributed by atoms with E-state index in [1.165, 1.54) is 0 Å². The number of carbonyl (C=O) groups is 1. The molecule has 0 radical (unpaired) electrons. The molecule has 14 heavy (non-hydrogen) atoms. The summed E-state index contributed by atoms with van der Waals surface area (Å²) in [5, 5.41) is 0. The first kappa shape index (κ1) is 12.3. The third-order valence-electron chi connectivity index (χ3n) is 0.866. The number of hydrogen-bond donors (Lipinski definition) is 2. The number of amides is 1. The second-order valence-electron chi connectivity index (χ2n) is 1.87. The van der Waals surface area contributed by atoms with Crippen molar-refractivity contribution >= 4 is 5.91 Å². The van der Waals surface area contributed by atoms with Crippen LogP contribution in [0.1, 0.15) is 0 Å². The quantitative estimate of drug-likeness (QED) is 0.357. The molecule has 0 aromatic carbocycles. The maximum Gasteiger partial charge on any atom is 0.472 e. The minimum atomic E-state index is -4.87. The number of carbonyl (C=O) groups excluding carboxylic acids is 1. The number of nitrogens with two attached hydrogens (primary N) is 1. The van der Waals surface area contributed by atoms with E-state index in [4.69, 9.17) is 0 Å². The average Bonchev–Trinajstić information content (AvgIpc) is 2.19. The lowest BCUT2D eigenvalue weighted by molar-refractivity contribution is -0.173. The maximum absolute atomic E-state index is 11.0. The van der Waals surface area contributed by atoms with Gasteiger partial charge in [-0.1, -0.05) is 0 Å². The third-order valence-corrected chi connectivity index (χ3v) is 0.866. The van der Waals surface area contributed by atoms with Gasteiger partial charge in [0, 0.05) is 24.8 Å². The normalized spacial score (nSPS) is 9.71. The van der Waals surface area contributed by atoms with E-state index in [-0.39, 0.29) is 0 Å². The van der Waals surface area contributed by atoms with Gasteiger partial charge in [-0.25, -0.2) is 5.84 Å². The summed E-state index contributed by atoms with van der Waals surface area (Å²) in [6.07, 6.45) is 1.69. The van der Waals surface area contributed by atoms with Crippen molar-refractivity contribution in [3.8, 4) is 0 Å². The van der Waals surface area contributed by atoms with Gasteiger partial charge in [-0.2, -0.15) is 13.2 Å². The van der Waals surface area contributed by atoms with Crippen molar-refractivity contribution in [3.05, 3.63) is 24.8 Å². The smallest absolute Gasteiger partial charge is 0.286 e. The van der Waals surface area contributed by atoms with Crippen LogP contribution >= 0.6 is 0 Å².